The van der Waals surface area contributed by atoms with Crippen LogP contribution in [-0.4, -0.2) is 25.7 Å². The highest BCUT2D eigenvalue weighted by atomic mass is 19.3. The van der Waals surface area contributed by atoms with E-state index in [4.69, 9.17) is 4.74 Å². The van der Waals surface area contributed by atoms with Gasteiger partial charge in [0.15, 0.2) is 11.5 Å². The van der Waals surface area contributed by atoms with Crippen LogP contribution in [0.4, 0.5) is 8.78 Å². The lowest BCUT2D eigenvalue weighted by Crippen LogP contribution is -2.42. The number of hydrogen-bond donors (Lipinski definition) is 1. The Bertz CT molecular complexity index is 666. The fraction of sp³-hybridized carbons (Fsp3) is 0.632. The van der Waals surface area contributed by atoms with E-state index in [0.29, 0.717) is 11.5 Å². The standard InChI is InChI=1S/C19H23F2NO3/c1-24-17-9-10(5-6-16(17)25-19(20)21)18(23)22-15-8-11-7-14(15)13-4-2-3-12(11)13/h5-6,9,11-15,19H,2-4,7-8H2,1H3,(H,22,23). The largest absolute Gasteiger partial charge is 0.493 e. The van der Waals surface area contributed by atoms with E-state index in [1.807, 2.05) is 0 Å². The number of rotatable bonds is 5. The summed E-state index contributed by atoms with van der Waals surface area (Å²) in [5, 5.41) is 3.17. The Morgan fingerprint density at radius 3 is 2.72 bits per heavy atom. The highest BCUT2D eigenvalue weighted by Gasteiger charge is 2.54. The first-order valence-corrected chi connectivity index (χ1v) is 9.00. The van der Waals surface area contributed by atoms with Crippen molar-refractivity contribution in [2.75, 3.05) is 7.11 Å². The average Bonchev–Trinajstić information content (AvgIpc) is 3.27. The Kier molecular flexibility index (Phi) is 4.29. The Morgan fingerprint density at radius 2 is 1.96 bits per heavy atom. The normalized spacial score (nSPS) is 32.7. The van der Waals surface area contributed by atoms with Crippen LogP contribution >= 0.6 is 0 Å². The van der Waals surface area contributed by atoms with Gasteiger partial charge in [0.2, 0.25) is 0 Å². The summed E-state index contributed by atoms with van der Waals surface area (Å²) in [6.07, 6.45) is 6.29. The Hall–Kier alpha value is -1.85. The van der Waals surface area contributed by atoms with Gasteiger partial charge in [-0.3, -0.25) is 4.79 Å². The van der Waals surface area contributed by atoms with Crippen LogP contribution in [-0.2, 0) is 0 Å². The molecule has 3 saturated carbocycles. The third-order valence-corrected chi connectivity index (χ3v) is 6.39. The molecule has 1 amide bonds. The zero-order valence-corrected chi connectivity index (χ0v) is 14.2. The van der Waals surface area contributed by atoms with Crippen LogP contribution in [0.5, 0.6) is 11.5 Å². The molecule has 1 aromatic carbocycles. The van der Waals surface area contributed by atoms with Crippen molar-refractivity contribution in [3.63, 3.8) is 0 Å². The first-order chi connectivity index (χ1) is 12.1. The average molecular weight is 351 g/mol. The van der Waals surface area contributed by atoms with Gasteiger partial charge in [-0.2, -0.15) is 8.78 Å². The zero-order chi connectivity index (χ0) is 17.6. The van der Waals surface area contributed by atoms with Crippen molar-refractivity contribution in [1.82, 2.24) is 5.32 Å². The molecule has 0 radical (unpaired) electrons. The van der Waals surface area contributed by atoms with Crippen molar-refractivity contribution in [3.8, 4) is 11.5 Å². The van der Waals surface area contributed by atoms with Crippen molar-refractivity contribution >= 4 is 5.91 Å². The van der Waals surface area contributed by atoms with E-state index in [9.17, 15) is 13.6 Å². The molecule has 5 unspecified atom stereocenters. The van der Waals surface area contributed by atoms with Gasteiger partial charge in [-0.25, -0.2) is 0 Å². The van der Waals surface area contributed by atoms with Crippen LogP contribution < -0.4 is 14.8 Å². The zero-order valence-electron chi connectivity index (χ0n) is 14.2. The van der Waals surface area contributed by atoms with Gasteiger partial charge in [-0.1, -0.05) is 6.42 Å². The lowest BCUT2D eigenvalue weighted by molar-refractivity contribution is -0.0512. The second-order valence-electron chi connectivity index (χ2n) is 7.48. The smallest absolute Gasteiger partial charge is 0.387 e. The molecule has 0 saturated heterocycles. The minimum atomic E-state index is -2.93. The molecule has 0 spiro atoms. The van der Waals surface area contributed by atoms with Crippen molar-refractivity contribution in [3.05, 3.63) is 23.8 Å². The van der Waals surface area contributed by atoms with Crippen molar-refractivity contribution in [2.24, 2.45) is 23.7 Å². The molecule has 25 heavy (non-hydrogen) atoms. The van der Waals surface area contributed by atoms with Crippen LogP contribution in [0.3, 0.4) is 0 Å². The molecule has 4 nitrogen and oxygen atoms in total. The third-order valence-electron chi connectivity index (χ3n) is 6.39. The highest BCUT2D eigenvalue weighted by Crippen LogP contribution is 2.58. The predicted octanol–water partition coefficient (Wildman–Crippen LogP) is 3.85. The molecule has 136 valence electrons. The Morgan fingerprint density at radius 1 is 1.16 bits per heavy atom. The lowest BCUT2D eigenvalue weighted by Gasteiger charge is -2.32. The molecule has 0 heterocycles. The van der Waals surface area contributed by atoms with E-state index < -0.39 is 6.61 Å². The maximum absolute atomic E-state index is 12.6. The summed E-state index contributed by atoms with van der Waals surface area (Å²) in [6, 6.07) is 4.55. The topological polar surface area (TPSA) is 47.6 Å². The summed E-state index contributed by atoms with van der Waals surface area (Å²) in [7, 11) is 1.37. The van der Waals surface area contributed by atoms with E-state index >= 15 is 0 Å². The molecular weight excluding hydrogens is 328 g/mol. The molecule has 6 heteroatoms. The van der Waals surface area contributed by atoms with Crippen LogP contribution in [0.25, 0.3) is 0 Å². The SMILES string of the molecule is COc1cc(C(=O)NC2CC3CC2C2CCCC32)ccc1OC(F)F. The van der Waals surface area contributed by atoms with Crippen LogP contribution in [0.2, 0.25) is 0 Å². The molecule has 3 fully saturated rings. The number of alkyl halides is 2. The fourth-order valence-electron chi connectivity index (χ4n) is 5.49. The molecular formula is C19H23F2NO3. The molecule has 4 rings (SSSR count). The number of methoxy groups -OCH3 is 1. The van der Waals surface area contributed by atoms with E-state index in [1.54, 1.807) is 0 Å². The molecule has 3 aliphatic carbocycles. The highest BCUT2D eigenvalue weighted by molar-refractivity contribution is 5.95. The summed E-state index contributed by atoms with van der Waals surface area (Å²) >= 11 is 0. The van der Waals surface area contributed by atoms with Gasteiger partial charge in [0.25, 0.3) is 5.91 Å². The summed E-state index contributed by atoms with van der Waals surface area (Å²) in [4.78, 5) is 12.6. The van der Waals surface area contributed by atoms with Gasteiger partial charge in [0.1, 0.15) is 0 Å². The number of carbonyl (C=O) groups is 1. The van der Waals surface area contributed by atoms with E-state index in [1.165, 1.54) is 51.0 Å². The Balaban J connectivity index is 1.45. The minimum absolute atomic E-state index is 0.0669. The van der Waals surface area contributed by atoms with Gasteiger partial charge in [0.05, 0.1) is 7.11 Å². The lowest BCUT2D eigenvalue weighted by atomic mass is 9.79. The maximum Gasteiger partial charge on any atom is 0.387 e. The van der Waals surface area contributed by atoms with Gasteiger partial charge >= 0.3 is 6.61 Å². The maximum atomic E-state index is 12.6. The van der Waals surface area contributed by atoms with Crippen LogP contribution in [0, 0.1) is 23.7 Å². The molecule has 1 aromatic rings. The number of hydrogen-bond acceptors (Lipinski definition) is 3. The van der Waals surface area contributed by atoms with Crippen LogP contribution in [0.1, 0.15) is 42.5 Å². The summed E-state index contributed by atoms with van der Waals surface area (Å²) in [5.74, 6) is 2.92. The van der Waals surface area contributed by atoms with E-state index in [-0.39, 0.29) is 23.4 Å². The fourth-order valence-corrected chi connectivity index (χ4v) is 5.49. The van der Waals surface area contributed by atoms with Crippen LogP contribution in [0.15, 0.2) is 18.2 Å². The summed E-state index contributed by atoms with van der Waals surface area (Å²) in [5.41, 5.74) is 0.407. The second kappa shape index (κ2) is 6.46. The molecule has 2 bridgehead atoms. The summed E-state index contributed by atoms with van der Waals surface area (Å²) in [6.45, 7) is -2.93. The second-order valence-corrected chi connectivity index (χ2v) is 7.48. The molecule has 1 N–H and O–H groups in total. The predicted molar refractivity (Wildman–Crippen MR) is 87.9 cm³/mol. The van der Waals surface area contributed by atoms with Gasteiger partial charge in [0, 0.05) is 11.6 Å². The molecule has 3 aliphatic rings. The monoisotopic (exact) mass is 351 g/mol. The van der Waals surface area contributed by atoms with E-state index in [2.05, 4.69) is 10.1 Å². The van der Waals surface area contributed by atoms with Gasteiger partial charge in [-0.05, 0) is 67.6 Å². The number of benzene rings is 1. The van der Waals surface area contributed by atoms with E-state index in [0.717, 1.165) is 24.2 Å². The first-order valence-electron chi connectivity index (χ1n) is 9.00. The third kappa shape index (κ3) is 2.96. The van der Waals surface area contributed by atoms with Crippen molar-refractivity contribution < 1.29 is 23.0 Å². The van der Waals surface area contributed by atoms with Crippen molar-refractivity contribution in [1.29, 1.82) is 0 Å². The number of ether oxygens (including phenoxy) is 2. The number of halogens is 2. The molecule has 0 aromatic heterocycles. The number of fused-ring (bicyclic) bond motifs is 5. The quantitative estimate of drug-likeness (QED) is 0.876. The van der Waals surface area contributed by atoms with Gasteiger partial charge in [-0.15, -0.1) is 0 Å². The summed E-state index contributed by atoms with van der Waals surface area (Å²) < 4.78 is 34.3. The Labute approximate surface area is 145 Å². The number of amides is 1. The number of nitrogens with one attached hydrogen (secondary N) is 1. The minimum Gasteiger partial charge on any atom is -0.493 e. The van der Waals surface area contributed by atoms with Crippen molar-refractivity contribution in [2.45, 2.75) is 44.8 Å². The molecule has 0 aliphatic heterocycles. The number of carbonyl (C=O) groups excluding carboxylic acids is 1. The first kappa shape index (κ1) is 16.6. The molecule has 5 atom stereocenters. The van der Waals surface area contributed by atoms with Gasteiger partial charge < -0.3 is 14.8 Å².